The van der Waals surface area contributed by atoms with Crippen molar-refractivity contribution in [2.45, 2.75) is 39.3 Å². The maximum atomic E-state index is 13.6. The summed E-state index contributed by atoms with van der Waals surface area (Å²) in [5, 5.41) is 7.03. The van der Waals surface area contributed by atoms with Crippen molar-refractivity contribution in [1.29, 1.82) is 0 Å². The van der Waals surface area contributed by atoms with Crippen LogP contribution in [0.25, 0.3) is 5.69 Å². The SMILES string of the molecule is Cc1cccc(NC(=O)CCN2C(=S)N[C@@H](c3ccccn3)[C@@H]2c2cc(C)n(-c3ccc(F)cc3)c2C)c1. The van der Waals surface area contributed by atoms with E-state index in [1.165, 1.54) is 12.1 Å². The number of aryl methyl sites for hydroxylation is 2. The first-order valence-electron chi connectivity index (χ1n) is 12.6. The van der Waals surface area contributed by atoms with Crippen molar-refractivity contribution in [2.24, 2.45) is 0 Å². The first-order chi connectivity index (χ1) is 18.3. The molecule has 0 bridgehead atoms. The van der Waals surface area contributed by atoms with Crippen molar-refractivity contribution < 1.29 is 9.18 Å². The summed E-state index contributed by atoms with van der Waals surface area (Å²) < 4.78 is 15.7. The van der Waals surface area contributed by atoms with E-state index in [-0.39, 0.29) is 30.2 Å². The number of thiocarbonyl (C=S) groups is 1. The minimum atomic E-state index is -0.271. The molecule has 8 heteroatoms. The van der Waals surface area contributed by atoms with E-state index < -0.39 is 0 Å². The predicted molar refractivity (Wildman–Crippen MR) is 152 cm³/mol. The minimum absolute atomic E-state index is 0.0739. The standard InChI is InChI=1S/C30H30FN5OS/c1-19-7-6-8-23(17-19)33-27(37)14-16-35-29(28(34-30(35)38)26-9-4-5-15-32-26)25-18-20(2)36(21(25)3)24-12-10-22(31)11-13-24/h4-13,15,17-18,28-29H,14,16H2,1-3H3,(H,33,37)(H,34,38)/t28-,29-/m0/s1. The van der Waals surface area contributed by atoms with Crippen LogP contribution in [0.3, 0.4) is 0 Å². The smallest absolute Gasteiger partial charge is 0.226 e. The van der Waals surface area contributed by atoms with Crippen molar-refractivity contribution >= 4 is 28.9 Å². The van der Waals surface area contributed by atoms with E-state index in [0.29, 0.717) is 11.7 Å². The molecule has 0 aliphatic carbocycles. The average Bonchev–Trinajstić information content (AvgIpc) is 3.38. The summed E-state index contributed by atoms with van der Waals surface area (Å²) in [5.74, 6) is -0.345. The van der Waals surface area contributed by atoms with Crippen LogP contribution < -0.4 is 10.6 Å². The van der Waals surface area contributed by atoms with E-state index in [2.05, 4.69) is 38.1 Å². The number of hydrogen-bond donors (Lipinski definition) is 2. The van der Waals surface area contributed by atoms with Gasteiger partial charge in [0.05, 0.1) is 17.8 Å². The van der Waals surface area contributed by atoms with Crippen LogP contribution in [-0.4, -0.2) is 32.0 Å². The third-order valence-electron chi connectivity index (χ3n) is 6.95. The second kappa shape index (κ2) is 10.8. The quantitative estimate of drug-likeness (QED) is 0.292. The van der Waals surface area contributed by atoms with Gasteiger partial charge in [-0.15, -0.1) is 0 Å². The monoisotopic (exact) mass is 527 g/mol. The van der Waals surface area contributed by atoms with Gasteiger partial charge in [0.2, 0.25) is 5.91 Å². The molecule has 2 aromatic heterocycles. The van der Waals surface area contributed by atoms with Crippen LogP contribution in [-0.2, 0) is 4.79 Å². The predicted octanol–water partition coefficient (Wildman–Crippen LogP) is 5.94. The Morgan fingerprint density at radius 3 is 2.55 bits per heavy atom. The lowest BCUT2D eigenvalue weighted by molar-refractivity contribution is -0.116. The van der Waals surface area contributed by atoms with Gasteiger partial charge < -0.3 is 20.1 Å². The lowest BCUT2D eigenvalue weighted by Gasteiger charge is -2.28. The molecule has 0 radical (unpaired) electrons. The molecule has 6 nitrogen and oxygen atoms in total. The van der Waals surface area contributed by atoms with E-state index in [4.69, 9.17) is 12.2 Å². The van der Waals surface area contributed by atoms with Gasteiger partial charge >= 0.3 is 0 Å². The number of nitrogens with one attached hydrogen (secondary N) is 2. The summed E-state index contributed by atoms with van der Waals surface area (Å²) >= 11 is 5.79. The van der Waals surface area contributed by atoms with Crippen molar-refractivity contribution in [3.05, 3.63) is 113 Å². The van der Waals surface area contributed by atoms with Crippen molar-refractivity contribution in [3.8, 4) is 5.69 Å². The van der Waals surface area contributed by atoms with Crippen LogP contribution >= 0.6 is 12.2 Å². The van der Waals surface area contributed by atoms with Gasteiger partial charge in [0.25, 0.3) is 0 Å². The van der Waals surface area contributed by atoms with Crippen LogP contribution in [0.2, 0.25) is 0 Å². The highest BCUT2D eigenvalue weighted by atomic mass is 32.1. The average molecular weight is 528 g/mol. The van der Waals surface area contributed by atoms with Crippen molar-refractivity contribution in [1.82, 2.24) is 19.8 Å². The minimum Gasteiger partial charge on any atom is -0.352 e. The topological polar surface area (TPSA) is 62.2 Å². The zero-order valence-corrected chi connectivity index (χ0v) is 22.4. The Morgan fingerprint density at radius 2 is 1.84 bits per heavy atom. The Bertz CT molecular complexity index is 1470. The number of anilines is 1. The number of halogens is 1. The highest BCUT2D eigenvalue weighted by Gasteiger charge is 2.41. The van der Waals surface area contributed by atoms with Gasteiger partial charge in [-0.1, -0.05) is 18.2 Å². The van der Waals surface area contributed by atoms with Gasteiger partial charge in [0.15, 0.2) is 5.11 Å². The molecule has 1 aliphatic rings. The zero-order valence-electron chi connectivity index (χ0n) is 21.6. The van der Waals surface area contributed by atoms with Crippen molar-refractivity contribution in [2.75, 3.05) is 11.9 Å². The normalized spacial score (nSPS) is 16.9. The molecule has 0 unspecified atom stereocenters. The number of rotatable bonds is 7. The third kappa shape index (κ3) is 5.17. The first kappa shape index (κ1) is 25.6. The zero-order chi connectivity index (χ0) is 26.8. The van der Waals surface area contributed by atoms with Gasteiger partial charge in [-0.05, 0) is 98.7 Å². The Kier molecular flexibility index (Phi) is 7.24. The van der Waals surface area contributed by atoms with Crippen LogP contribution in [0.15, 0.2) is 79.0 Å². The molecule has 2 atom stereocenters. The fourth-order valence-electron chi connectivity index (χ4n) is 5.23. The van der Waals surface area contributed by atoms with E-state index in [1.54, 1.807) is 18.3 Å². The number of benzene rings is 2. The number of hydrogen-bond acceptors (Lipinski definition) is 3. The molecule has 194 valence electrons. The molecule has 1 fully saturated rings. The van der Waals surface area contributed by atoms with Crippen LogP contribution in [0.5, 0.6) is 0 Å². The van der Waals surface area contributed by atoms with Crippen LogP contribution in [0, 0.1) is 26.6 Å². The molecule has 3 heterocycles. The molecule has 1 aliphatic heterocycles. The molecular weight excluding hydrogens is 497 g/mol. The molecule has 1 amide bonds. The first-order valence-corrected chi connectivity index (χ1v) is 13.0. The number of carbonyl (C=O) groups is 1. The van der Waals surface area contributed by atoms with Gasteiger partial charge in [-0.25, -0.2) is 4.39 Å². The maximum Gasteiger partial charge on any atom is 0.226 e. The second-order valence-corrected chi connectivity index (χ2v) is 10.0. The largest absolute Gasteiger partial charge is 0.352 e. The fraction of sp³-hybridized carbons (Fsp3) is 0.233. The summed E-state index contributed by atoms with van der Waals surface area (Å²) in [6.45, 7) is 6.54. The molecule has 2 aromatic carbocycles. The Balaban J connectivity index is 1.46. The summed E-state index contributed by atoms with van der Waals surface area (Å²) in [7, 11) is 0. The Hall–Kier alpha value is -4.04. The number of aromatic nitrogens is 2. The van der Waals surface area contributed by atoms with E-state index in [9.17, 15) is 9.18 Å². The lowest BCUT2D eigenvalue weighted by atomic mass is 9.96. The lowest BCUT2D eigenvalue weighted by Crippen LogP contribution is -2.32. The number of nitrogens with zero attached hydrogens (tertiary/aromatic N) is 3. The van der Waals surface area contributed by atoms with E-state index in [0.717, 1.165) is 39.6 Å². The number of pyridine rings is 1. The summed E-state index contributed by atoms with van der Waals surface area (Å²) in [4.78, 5) is 19.6. The molecule has 38 heavy (non-hydrogen) atoms. The molecule has 0 saturated carbocycles. The van der Waals surface area contributed by atoms with Gasteiger partial charge in [-0.2, -0.15) is 0 Å². The molecule has 2 N–H and O–H groups in total. The molecule has 5 rings (SSSR count). The number of amides is 1. The van der Waals surface area contributed by atoms with Crippen LogP contribution in [0.1, 0.15) is 46.7 Å². The van der Waals surface area contributed by atoms with E-state index in [1.807, 2.05) is 56.3 Å². The molecule has 4 aromatic rings. The Morgan fingerprint density at radius 1 is 1.05 bits per heavy atom. The fourth-order valence-corrected chi connectivity index (χ4v) is 5.56. The molecule has 1 saturated heterocycles. The summed E-state index contributed by atoms with van der Waals surface area (Å²) in [5.41, 5.74) is 6.76. The van der Waals surface area contributed by atoms with Crippen molar-refractivity contribution in [3.63, 3.8) is 0 Å². The molecular formula is C30H30FN5OS. The maximum absolute atomic E-state index is 13.6. The highest BCUT2D eigenvalue weighted by Crippen LogP contribution is 2.41. The Labute approximate surface area is 227 Å². The van der Waals surface area contributed by atoms with Gasteiger partial charge in [0, 0.05) is 41.9 Å². The number of carbonyl (C=O) groups excluding carboxylic acids is 1. The van der Waals surface area contributed by atoms with Crippen LogP contribution in [0.4, 0.5) is 10.1 Å². The summed E-state index contributed by atoms with van der Waals surface area (Å²) in [6, 6.07) is 21.9. The highest BCUT2D eigenvalue weighted by molar-refractivity contribution is 7.80. The van der Waals surface area contributed by atoms with Gasteiger partial charge in [0.1, 0.15) is 5.82 Å². The third-order valence-corrected chi connectivity index (χ3v) is 7.31. The van der Waals surface area contributed by atoms with E-state index >= 15 is 0 Å². The summed E-state index contributed by atoms with van der Waals surface area (Å²) in [6.07, 6.45) is 2.05. The second-order valence-electron chi connectivity index (χ2n) is 9.63. The molecule has 0 spiro atoms. The van der Waals surface area contributed by atoms with Gasteiger partial charge in [-0.3, -0.25) is 9.78 Å².